The van der Waals surface area contributed by atoms with Crippen molar-refractivity contribution in [1.29, 1.82) is 0 Å². The molecule has 0 aliphatic carbocycles. The molecule has 0 atom stereocenters. The first-order valence-corrected chi connectivity index (χ1v) is 4.45. The fraction of sp³-hybridized carbons (Fsp3) is 0.714. The first-order valence-electron chi connectivity index (χ1n) is 4.04. The van der Waals surface area contributed by atoms with Crippen molar-refractivity contribution in [2.24, 2.45) is 0 Å². The average molecular weight is 187 g/mol. The molecular weight excluding hydrogens is 174 g/mol. The highest BCUT2D eigenvalue weighted by atomic mass is 32.1. The number of aromatic nitrogens is 3. The second-order valence-electron chi connectivity index (χ2n) is 2.48. The van der Waals surface area contributed by atoms with Crippen molar-refractivity contribution >= 4 is 12.2 Å². The molecule has 0 spiro atoms. The van der Waals surface area contributed by atoms with Crippen LogP contribution in [0.25, 0.3) is 0 Å². The van der Waals surface area contributed by atoms with Crippen molar-refractivity contribution in [2.75, 3.05) is 13.2 Å². The zero-order valence-electron chi connectivity index (χ0n) is 7.09. The van der Waals surface area contributed by atoms with Crippen LogP contribution in [0.4, 0.5) is 0 Å². The van der Waals surface area contributed by atoms with Crippen LogP contribution in [0, 0.1) is 4.77 Å². The second kappa shape index (κ2) is 5.05. The van der Waals surface area contributed by atoms with Crippen LogP contribution in [0.5, 0.6) is 0 Å². The molecule has 5 heteroatoms. The topological polar surface area (TPSA) is 53.7 Å². The van der Waals surface area contributed by atoms with Crippen molar-refractivity contribution in [1.82, 2.24) is 15.2 Å². The van der Waals surface area contributed by atoms with Gasteiger partial charge in [-0.2, -0.15) is 0 Å². The summed E-state index contributed by atoms with van der Waals surface area (Å²) >= 11 is 4.80. The van der Waals surface area contributed by atoms with E-state index >= 15 is 0 Å². The normalized spacial score (nSPS) is 10.4. The van der Waals surface area contributed by atoms with Gasteiger partial charge in [-0.3, -0.25) is 10.2 Å². The highest BCUT2D eigenvalue weighted by Gasteiger charge is 1.95. The molecule has 0 saturated heterocycles. The SMILES string of the molecule is CCCOCCc1nc(=S)[nH][nH]1. The van der Waals surface area contributed by atoms with Crippen LogP contribution in [0.2, 0.25) is 0 Å². The van der Waals surface area contributed by atoms with Crippen molar-refractivity contribution in [2.45, 2.75) is 19.8 Å². The van der Waals surface area contributed by atoms with Gasteiger partial charge in [-0.15, -0.1) is 0 Å². The molecule has 1 rings (SSSR count). The second-order valence-corrected chi connectivity index (χ2v) is 2.86. The number of hydrogen-bond acceptors (Lipinski definition) is 3. The van der Waals surface area contributed by atoms with E-state index in [1.165, 1.54) is 0 Å². The maximum absolute atomic E-state index is 5.29. The molecule has 0 fully saturated rings. The zero-order chi connectivity index (χ0) is 8.81. The predicted octanol–water partition coefficient (Wildman–Crippen LogP) is 1.44. The number of nitrogens with zero attached hydrogens (tertiary/aromatic N) is 1. The summed E-state index contributed by atoms with van der Waals surface area (Å²) in [5.41, 5.74) is 0. The molecule has 0 bridgehead atoms. The van der Waals surface area contributed by atoms with Gasteiger partial charge in [-0.05, 0) is 18.6 Å². The van der Waals surface area contributed by atoms with E-state index in [-0.39, 0.29) is 0 Å². The van der Waals surface area contributed by atoms with Crippen LogP contribution in [-0.4, -0.2) is 28.4 Å². The maximum atomic E-state index is 5.29. The molecule has 4 nitrogen and oxygen atoms in total. The van der Waals surface area contributed by atoms with E-state index in [1.54, 1.807) is 0 Å². The Balaban J connectivity index is 2.20. The Bertz CT molecular complexity index is 268. The third-order valence-electron chi connectivity index (χ3n) is 1.38. The molecule has 1 aromatic rings. The molecule has 0 aliphatic heterocycles. The lowest BCUT2D eigenvalue weighted by Crippen LogP contribution is -2.00. The highest BCUT2D eigenvalue weighted by Crippen LogP contribution is 1.90. The van der Waals surface area contributed by atoms with Crippen molar-refractivity contribution in [3.05, 3.63) is 10.6 Å². The van der Waals surface area contributed by atoms with Gasteiger partial charge in [0.1, 0.15) is 5.82 Å². The molecule has 12 heavy (non-hydrogen) atoms. The molecule has 0 aromatic carbocycles. The van der Waals surface area contributed by atoms with Crippen LogP contribution in [0.15, 0.2) is 0 Å². The third kappa shape index (κ3) is 3.15. The summed E-state index contributed by atoms with van der Waals surface area (Å²) in [6, 6.07) is 0. The summed E-state index contributed by atoms with van der Waals surface area (Å²) in [6.07, 6.45) is 1.84. The quantitative estimate of drug-likeness (QED) is 0.541. The van der Waals surface area contributed by atoms with Gasteiger partial charge >= 0.3 is 0 Å². The van der Waals surface area contributed by atoms with Gasteiger partial charge in [0.2, 0.25) is 4.77 Å². The van der Waals surface area contributed by atoms with Crippen LogP contribution in [0.3, 0.4) is 0 Å². The lowest BCUT2D eigenvalue weighted by molar-refractivity contribution is 0.136. The minimum absolute atomic E-state index is 0.500. The molecule has 0 aliphatic rings. The largest absolute Gasteiger partial charge is 0.381 e. The number of aromatic amines is 2. The van der Waals surface area contributed by atoms with Crippen LogP contribution in [-0.2, 0) is 11.2 Å². The molecule has 2 N–H and O–H groups in total. The van der Waals surface area contributed by atoms with Crippen LogP contribution >= 0.6 is 12.2 Å². The van der Waals surface area contributed by atoms with Gasteiger partial charge in [-0.1, -0.05) is 6.92 Å². The molecule has 68 valence electrons. The number of rotatable bonds is 5. The predicted molar refractivity (Wildman–Crippen MR) is 48.6 cm³/mol. The van der Waals surface area contributed by atoms with Gasteiger partial charge in [-0.25, -0.2) is 4.98 Å². The summed E-state index contributed by atoms with van der Waals surface area (Å²) in [4.78, 5) is 4.03. The monoisotopic (exact) mass is 187 g/mol. The minimum atomic E-state index is 0.500. The Morgan fingerprint density at radius 3 is 2.83 bits per heavy atom. The van der Waals surface area contributed by atoms with E-state index in [0.717, 1.165) is 25.3 Å². The van der Waals surface area contributed by atoms with Gasteiger partial charge in [0.05, 0.1) is 6.61 Å². The lowest BCUT2D eigenvalue weighted by Gasteiger charge is -1.98. The van der Waals surface area contributed by atoms with Gasteiger partial charge in [0.15, 0.2) is 0 Å². The maximum Gasteiger partial charge on any atom is 0.213 e. The van der Waals surface area contributed by atoms with Gasteiger partial charge in [0.25, 0.3) is 0 Å². The van der Waals surface area contributed by atoms with Crippen molar-refractivity contribution in [3.8, 4) is 0 Å². The highest BCUT2D eigenvalue weighted by molar-refractivity contribution is 7.71. The lowest BCUT2D eigenvalue weighted by atomic mass is 10.4. The molecule has 0 radical (unpaired) electrons. The van der Waals surface area contributed by atoms with E-state index in [2.05, 4.69) is 22.1 Å². The van der Waals surface area contributed by atoms with Crippen LogP contribution < -0.4 is 0 Å². The third-order valence-corrected chi connectivity index (χ3v) is 1.58. The summed E-state index contributed by atoms with van der Waals surface area (Å²) in [5, 5.41) is 5.59. The number of nitrogens with one attached hydrogen (secondary N) is 2. The Kier molecular flexibility index (Phi) is 3.96. The molecule has 0 saturated carbocycles. The fourth-order valence-electron chi connectivity index (χ4n) is 0.838. The standard InChI is InChI=1S/C7H13N3OS/c1-2-4-11-5-3-6-8-7(12)10-9-6/h2-5H2,1H3,(H2,8,9,10,12). The summed E-state index contributed by atoms with van der Waals surface area (Å²) in [7, 11) is 0. The summed E-state index contributed by atoms with van der Waals surface area (Å²) < 4.78 is 5.79. The number of ether oxygens (including phenoxy) is 1. The fourth-order valence-corrected chi connectivity index (χ4v) is 0.999. The van der Waals surface area contributed by atoms with Crippen LogP contribution in [0.1, 0.15) is 19.2 Å². The number of H-pyrrole nitrogens is 2. The first-order chi connectivity index (χ1) is 5.83. The molecule has 1 heterocycles. The van der Waals surface area contributed by atoms with E-state index in [1.807, 2.05) is 0 Å². The molecule has 0 unspecified atom stereocenters. The van der Waals surface area contributed by atoms with Gasteiger partial charge < -0.3 is 4.74 Å². The van der Waals surface area contributed by atoms with E-state index < -0.39 is 0 Å². The molecule has 1 aromatic heterocycles. The Hall–Kier alpha value is -0.680. The molecular formula is C7H13N3OS. The van der Waals surface area contributed by atoms with E-state index in [9.17, 15) is 0 Å². The Labute approximate surface area is 76.3 Å². The smallest absolute Gasteiger partial charge is 0.213 e. The van der Waals surface area contributed by atoms with E-state index in [0.29, 0.717) is 11.4 Å². The minimum Gasteiger partial charge on any atom is -0.381 e. The number of hydrogen-bond donors (Lipinski definition) is 2. The summed E-state index contributed by atoms with van der Waals surface area (Å²) in [6.45, 7) is 3.59. The van der Waals surface area contributed by atoms with Crippen molar-refractivity contribution in [3.63, 3.8) is 0 Å². The van der Waals surface area contributed by atoms with Crippen molar-refractivity contribution < 1.29 is 4.74 Å². The summed E-state index contributed by atoms with van der Waals surface area (Å²) in [5.74, 6) is 0.858. The Morgan fingerprint density at radius 2 is 2.25 bits per heavy atom. The van der Waals surface area contributed by atoms with Gasteiger partial charge in [0, 0.05) is 13.0 Å². The molecule has 0 amide bonds. The first kappa shape index (κ1) is 9.41. The zero-order valence-corrected chi connectivity index (χ0v) is 7.91. The average Bonchev–Trinajstić information content (AvgIpc) is 2.45. The van der Waals surface area contributed by atoms with E-state index in [4.69, 9.17) is 17.0 Å². The Morgan fingerprint density at radius 1 is 1.42 bits per heavy atom.